The summed E-state index contributed by atoms with van der Waals surface area (Å²) >= 11 is 0. The predicted octanol–water partition coefficient (Wildman–Crippen LogP) is -2.56. The molecule has 0 unspecified atom stereocenters. The van der Waals surface area contributed by atoms with Crippen LogP contribution in [0.15, 0.2) is 0 Å². The van der Waals surface area contributed by atoms with E-state index in [1.54, 1.807) is 0 Å². The summed E-state index contributed by atoms with van der Waals surface area (Å²) in [7, 11) is -10.9. The lowest BCUT2D eigenvalue weighted by Gasteiger charge is -2.17. The molecule has 0 bridgehead atoms. The van der Waals surface area contributed by atoms with Gasteiger partial charge in [-0.1, -0.05) is 0 Å². The van der Waals surface area contributed by atoms with Crippen molar-refractivity contribution in [2.24, 2.45) is 0 Å². The molecule has 0 aromatic carbocycles. The number of carbonyl (C=O) groups is 4. The van der Waals surface area contributed by atoms with E-state index < -0.39 is 54.5 Å². The molecule has 1 aliphatic rings. The zero-order valence-electron chi connectivity index (χ0n) is 11.0. The average Bonchev–Trinajstić information content (AvgIpc) is 2.62. The molecule has 0 spiro atoms. The van der Waals surface area contributed by atoms with Gasteiger partial charge in [-0.05, 0) is 0 Å². The number of carboxylic acid groups (broad SMARTS) is 2. The molecule has 0 aliphatic carbocycles. The maximum Gasteiger partial charge on any atom is 0.308 e. The number of imide groups is 1. The van der Waals surface area contributed by atoms with Crippen molar-refractivity contribution in [3.8, 4) is 0 Å². The quantitative estimate of drug-likeness (QED) is 0.246. The molecule has 13 nitrogen and oxygen atoms in total. The molecular formula is C8H11NO12S2. The van der Waals surface area contributed by atoms with Crippen LogP contribution in [-0.2, 0) is 39.4 Å². The Bertz CT molecular complexity index is 687. The van der Waals surface area contributed by atoms with Crippen molar-refractivity contribution in [3.63, 3.8) is 0 Å². The minimum atomic E-state index is -5.47. The Morgan fingerprint density at radius 3 is 1.43 bits per heavy atom. The van der Waals surface area contributed by atoms with Crippen LogP contribution >= 0.6 is 0 Å². The second-order valence-electron chi connectivity index (χ2n) is 4.04. The highest BCUT2D eigenvalue weighted by Crippen LogP contribution is 2.31. The summed E-state index contributed by atoms with van der Waals surface area (Å²) in [6, 6.07) is 0. The van der Waals surface area contributed by atoms with E-state index in [0.717, 1.165) is 0 Å². The van der Waals surface area contributed by atoms with Crippen molar-refractivity contribution in [2.75, 3.05) is 0 Å². The van der Waals surface area contributed by atoms with E-state index in [1.165, 1.54) is 5.32 Å². The molecule has 0 radical (unpaired) electrons. The Labute approximate surface area is 128 Å². The topological polar surface area (TPSA) is 230 Å². The fourth-order valence-electron chi connectivity index (χ4n) is 1.32. The minimum absolute atomic E-state index is 0.296. The molecule has 1 rings (SSSR count). The summed E-state index contributed by atoms with van der Waals surface area (Å²) in [6.07, 6.45) is -1.96. The molecule has 132 valence electrons. The van der Waals surface area contributed by atoms with E-state index >= 15 is 0 Å². The number of hydrogen-bond acceptors (Lipinski definition) is 8. The summed E-state index contributed by atoms with van der Waals surface area (Å²) in [5, 5.41) is 17.2. The highest BCUT2D eigenvalue weighted by molar-refractivity contribution is 8.06. The Morgan fingerprint density at radius 1 is 0.957 bits per heavy atom. The van der Waals surface area contributed by atoms with Crippen LogP contribution in [0.3, 0.4) is 0 Å². The van der Waals surface area contributed by atoms with Gasteiger partial charge in [-0.3, -0.25) is 33.6 Å². The van der Waals surface area contributed by atoms with Crippen LogP contribution in [-0.4, -0.2) is 64.0 Å². The molecule has 15 heteroatoms. The van der Waals surface area contributed by atoms with Crippen LogP contribution in [0.25, 0.3) is 0 Å². The fourth-order valence-corrected chi connectivity index (χ4v) is 3.58. The molecule has 1 heterocycles. The molecule has 0 aromatic rings. The number of carbonyl (C=O) groups excluding carboxylic acids is 2. The SMILES string of the molecule is O=C(O)CCC(=O)O.O=C1CC(S(=O)(=O)O)(S(=O)(=O)O)C(=O)N1. The largest absolute Gasteiger partial charge is 0.481 e. The van der Waals surface area contributed by atoms with Crippen molar-refractivity contribution in [1.29, 1.82) is 0 Å². The lowest BCUT2D eigenvalue weighted by Crippen LogP contribution is -2.51. The average molecular weight is 377 g/mol. The maximum absolute atomic E-state index is 11.0. The molecule has 5 N–H and O–H groups in total. The van der Waals surface area contributed by atoms with Crippen LogP contribution in [0.2, 0.25) is 0 Å². The van der Waals surface area contributed by atoms with Crippen molar-refractivity contribution in [1.82, 2.24) is 5.32 Å². The second kappa shape index (κ2) is 6.99. The van der Waals surface area contributed by atoms with Gasteiger partial charge in [0.1, 0.15) is 0 Å². The van der Waals surface area contributed by atoms with Crippen molar-refractivity contribution >= 4 is 44.0 Å². The molecule has 2 amide bonds. The first-order valence-electron chi connectivity index (χ1n) is 5.37. The molecule has 1 saturated heterocycles. The van der Waals surface area contributed by atoms with Crippen LogP contribution in [0, 0.1) is 0 Å². The van der Waals surface area contributed by atoms with Crippen LogP contribution < -0.4 is 5.32 Å². The van der Waals surface area contributed by atoms with Gasteiger partial charge in [0.05, 0.1) is 19.3 Å². The standard InChI is InChI=1S/C4H5NO8S2.C4H6O4/c6-2-1-4(3(7)5-2,14(8,9)10)15(11,12)13;5-3(6)1-2-4(7)8/h1H2,(H,5,6,7)(H,8,9,10)(H,11,12,13);1-2H2,(H,5,6)(H,7,8). The Balaban J connectivity index is 0.000000515. The number of rotatable bonds is 5. The van der Waals surface area contributed by atoms with E-state index in [9.17, 15) is 36.0 Å². The Hall–Kier alpha value is -2.10. The molecule has 1 fully saturated rings. The van der Waals surface area contributed by atoms with E-state index in [1.807, 2.05) is 0 Å². The lowest BCUT2D eigenvalue weighted by atomic mass is 10.3. The monoisotopic (exact) mass is 377 g/mol. The summed E-state index contributed by atoms with van der Waals surface area (Å²) in [5.41, 5.74) is 0. The third-order valence-corrected chi connectivity index (χ3v) is 5.97. The molecule has 0 aromatic heterocycles. The minimum Gasteiger partial charge on any atom is -0.481 e. The summed E-state index contributed by atoms with van der Waals surface area (Å²) in [5.74, 6) is -5.17. The lowest BCUT2D eigenvalue weighted by molar-refractivity contribution is -0.143. The number of nitrogens with one attached hydrogen (secondary N) is 1. The zero-order chi connectivity index (χ0) is 18.6. The van der Waals surface area contributed by atoms with Gasteiger partial charge in [0.15, 0.2) is 0 Å². The van der Waals surface area contributed by atoms with Gasteiger partial charge < -0.3 is 10.2 Å². The molecule has 1 aliphatic heterocycles. The highest BCUT2D eigenvalue weighted by Gasteiger charge is 2.66. The van der Waals surface area contributed by atoms with E-state index in [-0.39, 0.29) is 12.8 Å². The number of aliphatic carboxylic acids is 2. The Morgan fingerprint density at radius 2 is 1.30 bits per heavy atom. The molecule has 0 saturated carbocycles. The first-order valence-corrected chi connectivity index (χ1v) is 8.25. The summed E-state index contributed by atoms with van der Waals surface area (Å²) < 4.78 is 56.7. The van der Waals surface area contributed by atoms with Crippen molar-refractivity contribution < 1.29 is 55.3 Å². The van der Waals surface area contributed by atoms with E-state index in [4.69, 9.17) is 19.3 Å². The van der Waals surface area contributed by atoms with Crippen LogP contribution in [0.5, 0.6) is 0 Å². The normalized spacial score (nSPS) is 17.0. The van der Waals surface area contributed by atoms with Crippen LogP contribution in [0.4, 0.5) is 0 Å². The summed E-state index contributed by atoms with van der Waals surface area (Å²) in [4.78, 5) is 40.9. The molecule has 0 atom stereocenters. The molecular weight excluding hydrogens is 366 g/mol. The van der Waals surface area contributed by atoms with Gasteiger partial charge in [-0.25, -0.2) is 0 Å². The highest BCUT2D eigenvalue weighted by atomic mass is 32.3. The molecule has 23 heavy (non-hydrogen) atoms. The van der Waals surface area contributed by atoms with Crippen molar-refractivity contribution in [2.45, 2.75) is 23.3 Å². The first-order chi connectivity index (χ1) is 10.1. The van der Waals surface area contributed by atoms with Gasteiger partial charge >= 0.3 is 16.0 Å². The van der Waals surface area contributed by atoms with Crippen LogP contribution in [0.1, 0.15) is 19.3 Å². The first kappa shape index (κ1) is 20.9. The smallest absolute Gasteiger partial charge is 0.308 e. The van der Waals surface area contributed by atoms with Gasteiger partial charge in [-0.15, -0.1) is 0 Å². The van der Waals surface area contributed by atoms with Gasteiger partial charge in [0.2, 0.25) is 5.91 Å². The third-order valence-electron chi connectivity index (χ3n) is 2.38. The van der Waals surface area contributed by atoms with E-state index in [2.05, 4.69) is 0 Å². The van der Waals surface area contributed by atoms with Gasteiger partial charge in [0, 0.05) is 0 Å². The maximum atomic E-state index is 11.0. The summed E-state index contributed by atoms with van der Waals surface area (Å²) in [6.45, 7) is 0. The Kier molecular flexibility index (Phi) is 6.35. The number of amides is 2. The fraction of sp³-hybridized carbons (Fsp3) is 0.500. The third kappa shape index (κ3) is 4.95. The van der Waals surface area contributed by atoms with Gasteiger partial charge in [0.25, 0.3) is 26.1 Å². The second-order valence-corrected chi connectivity index (χ2v) is 7.60. The zero-order valence-corrected chi connectivity index (χ0v) is 12.6. The van der Waals surface area contributed by atoms with E-state index in [0.29, 0.717) is 0 Å². The van der Waals surface area contributed by atoms with Gasteiger partial charge in [-0.2, -0.15) is 16.8 Å². The number of hydrogen-bond donors (Lipinski definition) is 5. The number of carboxylic acids is 2. The van der Waals surface area contributed by atoms with Crippen molar-refractivity contribution in [3.05, 3.63) is 0 Å². The predicted molar refractivity (Wildman–Crippen MR) is 68.1 cm³/mol.